The summed E-state index contributed by atoms with van der Waals surface area (Å²) in [6.07, 6.45) is 3.64. The molecule has 0 saturated carbocycles. The van der Waals surface area contributed by atoms with E-state index >= 15 is 0 Å². The Bertz CT molecular complexity index is 600. The van der Waals surface area contributed by atoms with Crippen LogP contribution < -0.4 is 0 Å². The van der Waals surface area contributed by atoms with E-state index in [1.807, 2.05) is 26.2 Å². The summed E-state index contributed by atoms with van der Waals surface area (Å²) in [5.41, 5.74) is 0.471. The molecule has 1 amide bonds. The third-order valence-electron chi connectivity index (χ3n) is 3.29. The number of carbonyl (C=O) groups excluding carboxylic acids is 2. The van der Waals surface area contributed by atoms with E-state index in [1.54, 1.807) is 22.3 Å². The molecule has 1 fully saturated rings. The van der Waals surface area contributed by atoms with Crippen LogP contribution in [0.2, 0.25) is 0 Å². The summed E-state index contributed by atoms with van der Waals surface area (Å²) >= 11 is 3.07. The Hall–Kier alpha value is -1.14. The van der Waals surface area contributed by atoms with Gasteiger partial charge in [-0.2, -0.15) is 0 Å². The lowest BCUT2D eigenvalue weighted by Gasteiger charge is -2.18. The summed E-state index contributed by atoms with van der Waals surface area (Å²) in [4.78, 5) is 30.5. The molecule has 0 aromatic carbocycles. The van der Waals surface area contributed by atoms with Crippen molar-refractivity contribution in [2.24, 2.45) is 5.41 Å². The number of thiazole rings is 1. The lowest BCUT2D eigenvalue weighted by molar-refractivity contribution is -0.125. The minimum absolute atomic E-state index is 0.0413. The number of thioether (sulfide) groups is 1. The van der Waals surface area contributed by atoms with Crippen molar-refractivity contribution in [2.75, 3.05) is 5.75 Å². The predicted molar refractivity (Wildman–Crippen MR) is 91.7 cm³/mol. The highest BCUT2D eigenvalue weighted by atomic mass is 32.2. The maximum atomic E-state index is 12.2. The fourth-order valence-corrected chi connectivity index (χ4v) is 3.77. The van der Waals surface area contributed by atoms with Gasteiger partial charge >= 0.3 is 0 Å². The fourth-order valence-electron chi connectivity index (χ4n) is 1.94. The minimum atomic E-state index is -0.431. The lowest BCUT2D eigenvalue weighted by Crippen LogP contribution is -2.26. The first-order valence-electron chi connectivity index (χ1n) is 7.44. The van der Waals surface area contributed by atoms with E-state index in [-0.39, 0.29) is 11.7 Å². The second-order valence-corrected chi connectivity index (χ2v) is 8.29. The zero-order chi connectivity index (χ0) is 16.3. The first-order chi connectivity index (χ1) is 10.3. The molecule has 1 aromatic rings. The Morgan fingerprint density at radius 1 is 1.45 bits per heavy atom. The van der Waals surface area contributed by atoms with E-state index in [0.29, 0.717) is 12.3 Å². The van der Waals surface area contributed by atoms with Crippen LogP contribution in [0.3, 0.4) is 0 Å². The molecule has 1 saturated heterocycles. The highest BCUT2D eigenvalue weighted by Gasteiger charge is 2.29. The largest absolute Gasteiger partial charge is 0.300 e. The molecule has 0 unspecified atom stereocenters. The van der Waals surface area contributed by atoms with Crippen LogP contribution >= 0.6 is 23.1 Å². The van der Waals surface area contributed by atoms with Gasteiger partial charge in [-0.25, -0.2) is 4.98 Å². The Balaban J connectivity index is 2.14. The first-order valence-corrected chi connectivity index (χ1v) is 9.30. The zero-order valence-corrected chi connectivity index (χ0v) is 15.1. The minimum Gasteiger partial charge on any atom is -0.300 e. The van der Waals surface area contributed by atoms with Crippen LogP contribution in [0, 0.1) is 5.41 Å². The first kappa shape index (κ1) is 17.2. The molecular formula is C16H22N2O2S2. The van der Waals surface area contributed by atoms with E-state index in [1.165, 1.54) is 11.8 Å². The molecule has 0 radical (unpaired) electrons. The van der Waals surface area contributed by atoms with E-state index in [9.17, 15) is 9.59 Å². The predicted octanol–water partition coefficient (Wildman–Crippen LogP) is 3.63. The van der Waals surface area contributed by atoms with Crippen LogP contribution in [0.15, 0.2) is 16.5 Å². The van der Waals surface area contributed by atoms with E-state index < -0.39 is 5.41 Å². The summed E-state index contributed by atoms with van der Waals surface area (Å²) in [7, 11) is 0. The Kier molecular flexibility index (Phi) is 5.45. The van der Waals surface area contributed by atoms with E-state index in [0.717, 1.165) is 28.6 Å². The molecule has 4 nitrogen and oxygen atoms in total. The van der Waals surface area contributed by atoms with Crippen LogP contribution in [0.5, 0.6) is 0 Å². The summed E-state index contributed by atoms with van der Waals surface area (Å²) in [5.74, 6) is 0.484. The second kappa shape index (κ2) is 6.96. The number of nitrogens with zero attached hydrogens (tertiary/aromatic N) is 2. The standard InChI is InChI=1S/C16H22N2O2S2/c1-5-6-13-17-11(9-21-13)8-18-14(20)10-22-15(18)7-12(19)16(2,3)4/h7,9H,5-6,8,10H2,1-4H3/b15-7-. The fraction of sp³-hybridized carbons (Fsp3) is 0.562. The molecule has 2 heterocycles. The van der Waals surface area contributed by atoms with Gasteiger partial charge in [-0.1, -0.05) is 39.5 Å². The molecule has 1 aromatic heterocycles. The third-order valence-corrected chi connectivity index (χ3v) is 5.27. The SMILES string of the molecule is CCCc1nc(CN2C(=O)CS/C2=C\C(=O)C(C)(C)C)cs1. The number of aryl methyl sites for hydroxylation is 1. The molecule has 120 valence electrons. The van der Waals surface area contributed by atoms with E-state index in [4.69, 9.17) is 0 Å². The summed E-state index contributed by atoms with van der Waals surface area (Å²) in [5, 5.41) is 3.85. The number of hydrogen-bond donors (Lipinski definition) is 0. The van der Waals surface area contributed by atoms with Gasteiger partial charge in [0, 0.05) is 16.9 Å². The summed E-state index contributed by atoms with van der Waals surface area (Å²) in [6.45, 7) is 8.23. The second-order valence-electron chi connectivity index (χ2n) is 6.35. The molecule has 1 aliphatic rings. The number of rotatable bonds is 5. The zero-order valence-electron chi connectivity index (χ0n) is 13.5. The molecule has 0 spiro atoms. The smallest absolute Gasteiger partial charge is 0.238 e. The normalized spacial score (nSPS) is 17.5. The molecular weight excluding hydrogens is 316 g/mol. The van der Waals surface area contributed by atoms with Crippen molar-refractivity contribution in [3.63, 3.8) is 0 Å². The summed E-state index contributed by atoms with van der Waals surface area (Å²) in [6, 6.07) is 0. The molecule has 6 heteroatoms. The molecule has 0 bridgehead atoms. The molecule has 0 atom stereocenters. The average Bonchev–Trinajstić information content (AvgIpc) is 3.00. The number of amides is 1. The van der Waals surface area contributed by atoms with Gasteiger partial charge < -0.3 is 0 Å². The summed E-state index contributed by atoms with van der Waals surface area (Å²) < 4.78 is 0. The maximum absolute atomic E-state index is 12.2. The van der Waals surface area contributed by atoms with Gasteiger partial charge in [-0.15, -0.1) is 11.3 Å². The number of ketones is 1. The van der Waals surface area contributed by atoms with Crippen molar-refractivity contribution < 1.29 is 9.59 Å². The highest BCUT2D eigenvalue weighted by Crippen LogP contribution is 2.32. The van der Waals surface area contributed by atoms with Crippen LogP contribution in [-0.4, -0.2) is 27.3 Å². The number of aromatic nitrogens is 1. The Morgan fingerprint density at radius 2 is 2.18 bits per heavy atom. The molecule has 2 rings (SSSR count). The highest BCUT2D eigenvalue weighted by molar-refractivity contribution is 8.04. The lowest BCUT2D eigenvalue weighted by atomic mass is 9.91. The van der Waals surface area contributed by atoms with Crippen molar-refractivity contribution in [3.8, 4) is 0 Å². The van der Waals surface area contributed by atoms with Crippen LogP contribution in [0.4, 0.5) is 0 Å². The number of allylic oxidation sites excluding steroid dienone is 1. The molecule has 0 aliphatic carbocycles. The van der Waals surface area contributed by atoms with Gasteiger partial charge in [-0.05, 0) is 12.8 Å². The topological polar surface area (TPSA) is 50.3 Å². The Morgan fingerprint density at radius 3 is 2.82 bits per heavy atom. The van der Waals surface area contributed by atoms with Gasteiger partial charge in [-0.3, -0.25) is 14.5 Å². The van der Waals surface area contributed by atoms with Gasteiger partial charge in [0.15, 0.2) is 5.78 Å². The van der Waals surface area contributed by atoms with Gasteiger partial charge in [0.25, 0.3) is 0 Å². The van der Waals surface area contributed by atoms with E-state index in [2.05, 4.69) is 11.9 Å². The van der Waals surface area contributed by atoms with Gasteiger partial charge in [0.1, 0.15) is 0 Å². The van der Waals surface area contributed by atoms with Crippen LogP contribution in [0.25, 0.3) is 0 Å². The van der Waals surface area contributed by atoms with Crippen molar-refractivity contribution in [2.45, 2.75) is 47.1 Å². The van der Waals surface area contributed by atoms with Crippen molar-refractivity contribution in [3.05, 3.63) is 27.2 Å². The quantitative estimate of drug-likeness (QED) is 0.769. The Labute approximate surface area is 140 Å². The van der Waals surface area contributed by atoms with Crippen molar-refractivity contribution in [1.29, 1.82) is 0 Å². The average molecular weight is 338 g/mol. The maximum Gasteiger partial charge on any atom is 0.238 e. The molecule has 1 aliphatic heterocycles. The molecule has 22 heavy (non-hydrogen) atoms. The van der Waals surface area contributed by atoms with Crippen LogP contribution in [0.1, 0.15) is 44.8 Å². The number of carbonyl (C=O) groups is 2. The van der Waals surface area contributed by atoms with Crippen LogP contribution in [-0.2, 0) is 22.6 Å². The van der Waals surface area contributed by atoms with Crippen molar-refractivity contribution >= 4 is 34.8 Å². The van der Waals surface area contributed by atoms with Gasteiger partial charge in [0.2, 0.25) is 5.91 Å². The monoisotopic (exact) mass is 338 g/mol. The molecule has 0 N–H and O–H groups in total. The van der Waals surface area contributed by atoms with Crippen molar-refractivity contribution in [1.82, 2.24) is 9.88 Å². The number of hydrogen-bond acceptors (Lipinski definition) is 5. The van der Waals surface area contributed by atoms with Gasteiger partial charge in [0.05, 0.1) is 28.0 Å². The third kappa shape index (κ3) is 4.20.